The summed E-state index contributed by atoms with van der Waals surface area (Å²) in [4.78, 5) is 17.4. The van der Waals surface area contributed by atoms with Crippen molar-refractivity contribution >= 4 is 30.8 Å². The predicted molar refractivity (Wildman–Crippen MR) is 89.5 cm³/mol. The van der Waals surface area contributed by atoms with E-state index in [2.05, 4.69) is 4.98 Å². The first-order chi connectivity index (χ1) is 10.1. The van der Waals surface area contributed by atoms with Gasteiger partial charge in [-0.2, -0.15) is 0 Å². The molecule has 1 atom stereocenters. The van der Waals surface area contributed by atoms with E-state index in [1.54, 1.807) is 18.5 Å². The topological polar surface area (TPSA) is 53.4 Å². The maximum atomic E-state index is 13.4. The van der Waals surface area contributed by atoms with Gasteiger partial charge >= 0.3 is 5.97 Å². The highest BCUT2D eigenvalue weighted by Gasteiger charge is 2.31. The zero-order valence-electron chi connectivity index (χ0n) is 12.2. The van der Waals surface area contributed by atoms with E-state index in [4.69, 9.17) is 0 Å². The minimum absolute atomic E-state index is 0. The van der Waals surface area contributed by atoms with Crippen molar-refractivity contribution in [2.24, 2.45) is 0 Å². The zero-order valence-corrected chi connectivity index (χ0v) is 13.8. The van der Waals surface area contributed by atoms with Crippen LogP contribution in [0.15, 0.2) is 42.7 Å². The summed E-state index contributed by atoms with van der Waals surface area (Å²) in [6.45, 7) is 0.916. The molecule has 1 aromatic heterocycles. The number of hydrogen-bond donors (Lipinski definition) is 1. The van der Waals surface area contributed by atoms with Gasteiger partial charge < -0.3 is 5.11 Å². The summed E-state index contributed by atoms with van der Waals surface area (Å²) in [6, 6.07) is 7.69. The number of carboxylic acids is 1. The van der Waals surface area contributed by atoms with Crippen molar-refractivity contribution in [3.05, 3.63) is 65.2 Å². The van der Waals surface area contributed by atoms with Gasteiger partial charge in [0, 0.05) is 25.5 Å². The van der Waals surface area contributed by atoms with E-state index in [9.17, 15) is 14.3 Å². The van der Waals surface area contributed by atoms with Crippen LogP contribution in [0.4, 0.5) is 4.39 Å². The maximum Gasteiger partial charge on any atom is 0.321 e. The van der Waals surface area contributed by atoms with Crippen LogP contribution in [0, 0.1) is 5.82 Å². The van der Waals surface area contributed by atoms with Crippen molar-refractivity contribution < 1.29 is 14.3 Å². The smallest absolute Gasteiger partial charge is 0.321 e. The van der Waals surface area contributed by atoms with E-state index in [0.717, 1.165) is 16.7 Å². The summed E-state index contributed by atoms with van der Waals surface area (Å²) in [7, 11) is 0. The molecule has 1 unspecified atom stereocenters. The van der Waals surface area contributed by atoms with E-state index in [1.165, 1.54) is 12.1 Å². The number of halogens is 3. The lowest BCUT2D eigenvalue weighted by Crippen LogP contribution is -2.45. The highest BCUT2D eigenvalue weighted by atomic mass is 35.5. The van der Waals surface area contributed by atoms with Crippen LogP contribution in [0.1, 0.15) is 16.7 Å². The molecule has 0 spiro atoms. The number of benzene rings is 1. The minimum Gasteiger partial charge on any atom is -0.480 e. The zero-order chi connectivity index (χ0) is 14.8. The Labute approximate surface area is 146 Å². The lowest BCUT2D eigenvalue weighted by atomic mass is 9.93. The standard InChI is InChI=1S/C16H15FN2O2.2ClH/c17-14-4-3-12-7-15(16(20)21)19(10-13(12)6-14)9-11-2-1-5-18-8-11;;/h1-6,8,15H,7,9-10H2,(H,20,21);2*1H. The first-order valence-corrected chi connectivity index (χ1v) is 6.76. The third kappa shape index (κ3) is 4.41. The Balaban J connectivity index is 0.00000132. The number of fused-ring (bicyclic) bond motifs is 1. The minimum atomic E-state index is -0.853. The van der Waals surface area contributed by atoms with Crippen molar-refractivity contribution in [1.82, 2.24) is 9.88 Å². The lowest BCUT2D eigenvalue weighted by Gasteiger charge is -2.34. The molecule has 0 saturated carbocycles. The number of aromatic nitrogens is 1. The molecule has 4 nitrogen and oxygen atoms in total. The second-order valence-corrected chi connectivity index (χ2v) is 5.24. The molecule has 0 saturated heterocycles. The number of hydrogen-bond acceptors (Lipinski definition) is 3. The van der Waals surface area contributed by atoms with E-state index in [0.29, 0.717) is 19.5 Å². The molecule has 0 aliphatic carbocycles. The highest BCUT2D eigenvalue weighted by Crippen LogP contribution is 2.25. The van der Waals surface area contributed by atoms with Gasteiger partial charge in [-0.25, -0.2) is 4.39 Å². The van der Waals surface area contributed by atoms with Crippen LogP contribution in [-0.2, 0) is 24.3 Å². The van der Waals surface area contributed by atoms with Crippen LogP contribution in [0.25, 0.3) is 0 Å². The third-order valence-electron chi connectivity index (χ3n) is 3.79. The molecule has 1 aliphatic rings. The molecule has 1 aromatic carbocycles. The van der Waals surface area contributed by atoms with E-state index in [-0.39, 0.29) is 30.6 Å². The molecular formula is C16H17Cl2FN2O2. The van der Waals surface area contributed by atoms with Gasteiger partial charge in [0.1, 0.15) is 11.9 Å². The molecule has 0 radical (unpaired) electrons. The van der Waals surface area contributed by atoms with Gasteiger partial charge in [0.2, 0.25) is 0 Å². The Hall–Kier alpha value is -1.69. The molecule has 0 bridgehead atoms. The van der Waals surface area contributed by atoms with Gasteiger partial charge in [-0.05, 0) is 41.3 Å². The Morgan fingerprint density at radius 1 is 1.30 bits per heavy atom. The molecule has 1 N–H and O–H groups in total. The molecule has 23 heavy (non-hydrogen) atoms. The Bertz CT molecular complexity index is 670. The second kappa shape index (κ2) is 8.24. The summed E-state index contributed by atoms with van der Waals surface area (Å²) < 4.78 is 13.4. The average Bonchev–Trinajstić information content (AvgIpc) is 2.47. The van der Waals surface area contributed by atoms with Crippen molar-refractivity contribution in [3.8, 4) is 0 Å². The monoisotopic (exact) mass is 358 g/mol. The van der Waals surface area contributed by atoms with Gasteiger partial charge in [0.15, 0.2) is 0 Å². The molecule has 7 heteroatoms. The van der Waals surface area contributed by atoms with Crippen LogP contribution in [0.5, 0.6) is 0 Å². The Morgan fingerprint density at radius 2 is 2.09 bits per heavy atom. The summed E-state index contributed by atoms with van der Waals surface area (Å²) in [5.74, 6) is -1.14. The molecule has 3 rings (SSSR count). The fraction of sp³-hybridized carbons (Fsp3) is 0.250. The normalized spacial score (nSPS) is 16.7. The summed E-state index contributed by atoms with van der Waals surface area (Å²) in [5, 5.41) is 9.44. The van der Waals surface area contributed by atoms with E-state index < -0.39 is 12.0 Å². The van der Waals surface area contributed by atoms with Gasteiger partial charge in [-0.15, -0.1) is 24.8 Å². The number of rotatable bonds is 3. The van der Waals surface area contributed by atoms with Gasteiger partial charge in [0.25, 0.3) is 0 Å². The highest BCUT2D eigenvalue weighted by molar-refractivity contribution is 5.85. The summed E-state index contributed by atoms with van der Waals surface area (Å²) >= 11 is 0. The first kappa shape index (κ1) is 19.4. The molecule has 2 heterocycles. The van der Waals surface area contributed by atoms with Crippen LogP contribution in [-0.4, -0.2) is 27.0 Å². The average molecular weight is 359 g/mol. The molecule has 0 amide bonds. The molecule has 1 aliphatic heterocycles. The van der Waals surface area contributed by atoms with Crippen LogP contribution in [0.2, 0.25) is 0 Å². The van der Waals surface area contributed by atoms with Crippen molar-refractivity contribution in [3.63, 3.8) is 0 Å². The number of aliphatic carboxylic acids is 1. The number of pyridine rings is 1. The Morgan fingerprint density at radius 3 is 2.74 bits per heavy atom. The van der Waals surface area contributed by atoms with Gasteiger partial charge in [0.05, 0.1) is 0 Å². The fourth-order valence-electron chi connectivity index (χ4n) is 2.74. The quantitative estimate of drug-likeness (QED) is 0.915. The largest absolute Gasteiger partial charge is 0.480 e. The SMILES string of the molecule is Cl.Cl.O=C(O)C1Cc2ccc(F)cc2CN1Cc1cccnc1. The molecule has 124 valence electrons. The second-order valence-electron chi connectivity index (χ2n) is 5.24. The van der Waals surface area contributed by atoms with E-state index in [1.807, 2.05) is 17.0 Å². The fourth-order valence-corrected chi connectivity index (χ4v) is 2.74. The number of carbonyl (C=O) groups is 1. The summed E-state index contributed by atoms with van der Waals surface area (Å²) in [5.41, 5.74) is 2.71. The molecule has 0 fully saturated rings. The maximum absolute atomic E-state index is 13.4. The van der Waals surface area contributed by atoms with Crippen molar-refractivity contribution in [2.45, 2.75) is 25.6 Å². The predicted octanol–water partition coefficient (Wildman–Crippen LogP) is 3.08. The van der Waals surface area contributed by atoms with Crippen molar-refractivity contribution in [2.75, 3.05) is 0 Å². The van der Waals surface area contributed by atoms with Crippen LogP contribution < -0.4 is 0 Å². The van der Waals surface area contributed by atoms with Gasteiger partial charge in [-0.3, -0.25) is 14.7 Å². The number of nitrogens with zero attached hydrogens (tertiary/aromatic N) is 2. The van der Waals surface area contributed by atoms with Gasteiger partial charge in [-0.1, -0.05) is 12.1 Å². The molecular weight excluding hydrogens is 342 g/mol. The van der Waals surface area contributed by atoms with E-state index >= 15 is 0 Å². The molecule has 2 aromatic rings. The van der Waals surface area contributed by atoms with Crippen LogP contribution in [0.3, 0.4) is 0 Å². The first-order valence-electron chi connectivity index (χ1n) is 6.76. The summed E-state index contributed by atoms with van der Waals surface area (Å²) in [6.07, 6.45) is 3.80. The number of carboxylic acid groups (broad SMARTS) is 1. The van der Waals surface area contributed by atoms with Crippen LogP contribution >= 0.6 is 24.8 Å². The van der Waals surface area contributed by atoms with Crippen molar-refractivity contribution in [1.29, 1.82) is 0 Å². The lowest BCUT2D eigenvalue weighted by molar-refractivity contribution is -0.144. The Kier molecular flexibility index (Phi) is 6.94. The third-order valence-corrected chi connectivity index (χ3v) is 3.79.